The van der Waals surface area contributed by atoms with E-state index in [1.165, 1.54) is 12.1 Å². The maximum absolute atomic E-state index is 13.2. The van der Waals surface area contributed by atoms with Crippen molar-refractivity contribution in [2.75, 3.05) is 38.6 Å². The van der Waals surface area contributed by atoms with Crippen LogP contribution in [-0.4, -0.2) is 48.2 Å². The van der Waals surface area contributed by atoms with Crippen molar-refractivity contribution in [3.05, 3.63) is 58.9 Å². The summed E-state index contributed by atoms with van der Waals surface area (Å²) in [4.78, 5) is 4.45. The number of anilines is 1. The lowest BCUT2D eigenvalue weighted by atomic mass is 10.2. The van der Waals surface area contributed by atoms with E-state index in [1.807, 2.05) is 24.3 Å². The highest BCUT2D eigenvalue weighted by molar-refractivity contribution is 7.80. The van der Waals surface area contributed by atoms with Crippen LogP contribution in [0.5, 0.6) is 5.75 Å². The van der Waals surface area contributed by atoms with Crippen molar-refractivity contribution in [3.8, 4) is 5.75 Å². The molecule has 0 radical (unpaired) electrons. The molecule has 7 heteroatoms. The minimum absolute atomic E-state index is 0.307. The Morgan fingerprint density at radius 3 is 2.46 bits per heavy atom. The Morgan fingerprint density at radius 2 is 1.85 bits per heavy atom. The maximum atomic E-state index is 13.2. The van der Waals surface area contributed by atoms with Gasteiger partial charge in [-0.1, -0.05) is 17.7 Å². The molecule has 2 aromatic rings. The SMILES string of the molecule is COc1ccc(NC(=S)N2CCN(Cc3ccc(F)cc3Cl)CC2)cc1. The second-order valence-electron chi connectivity index (χ2n) is 6.16. The normalized spacial score (nSPS) is 15.0. The average molecular weight is 394 g/mol. The molecular weight excluding hydrogens is 373 g/mol. The summed E-state index contributed by atoms with van der Waals surface area (Å²) in [5.74, 6) is 0.507. The quantitative estimate of drug-likeness (QED) is 0.792. The van der Waals surface area contributed by atoms with Crippen LogP contribution in [0.4, 0.5) is 10.1 Å². The minimum Gasteiger partial charge on any atom is -0.497 e. The maximum Gasteiger partial charge on any atom is 0.173 e. The van der Waals surface area contributed by atoms with E-state index in [0.29, 0.717) is 11.6 Å². The molecule has 2 aromatic carbocycles. The van der Waals surface area contributed by atoms with Gasteiger partial charge in [-0.05, 0) is 54.2 Å². The molecule has 0 spiro atoms. The van der Waals surface area contributed by atoms with Gasteiger partial charge in [-0.3, -0.25) is 4.90 Å². The lowest BCUT2D eigenvalue weighted by Crippen LogP contribution is -2.49. The first-order valence-electron chi connectivity index (χ1n) is 8.41. The van der Waals surface area contributed by atoms with E-state index in [2.05, 4.69) is 15.1 Å². The summed E-state index contributed by atoms with van der Waals surface area (Å²) in [6.07, 6.45) is 0. The Kier molecular flexibility index (Phi) is 6.29. The fraction of sp³-hybridized carbons (Fsp3) is 0.316. The van der Waals surface area contributed by atoms with Gasteiger partial charge in [0, 0.05) is 43.4 Å². The first-order chi connectivity index (χ1) is 12.5. The van der Waals surface area contributed by atoms with E-state index in [9.17, 15) is 4.39 Å². The number of ether oxygens (including phenoxy) is 1. The summed E-state index contributed by atoms with van der Waals surface area (Å²) >= 11 is 11.6. The predicted octanol–water partition coefficient (Wildman–Crippen LogP) is 4.00. The van der Waals surface area contributed by atoms with Crippen LogP contribution in [-0.2, 0) is 6.54 Å². The minimum atomic E-state index is -0.307. The van der Waals surface area contributed by atoms with Gasteiger partial charge in [0.15, 0.2) is 5.11 Å². The second-order valence-corrected chi connectivity index (χ2v) is 6.95. The first kappa shape index (κ1) is 18.9. The van der Waals surface area contributed by atoms with Gasteiger partial charge in [0.25, 0.3) is 0 Å². The zero-order valence-corrected chi connectivity index (χ0v) is 16.1. The Hall–Kier alpha value is -1.89. The number of benzene rings is 2. The summed E-state index contributed by atoms with van der Waals surface area (Å²) in [7, 11) is 1.64. The highest BCUT2D eigenvalue weighted by Crippen LogP contribution is 2.20. The summed E-state index contributed by atoms with van der Waals surface area (Å²) in [6.45, 7) is 4.13. The number of nitrogens with zero attached hydrogens (tertiary/aromatic N) is 2. The Balaban J connectivity index is 1.50. The van der Waals surface area contributed by atoms with Gasteiger partial charge < -0.3 is 15.0 Å². The van der Waals surface area contributed by atoms with Gasteiger partial charge in [0.05, 0.1) is 7.11 Å². The molecule has 0 saturated carbocycles. The molecule has 0 bridgehead atoms. The summed E-state index contributed by atoms with van der Waals surface area (Å²) in [5.41, 5.74) is 1.89. The molecule has 26 heavy (non-hydrogen) atoms. The smallest absolute Gasteiger partial charge is 0.173 e. The monoisotopic (exact) mass is 393 g/mol. The Labute approximate surface area is 163 Å². The molecule has 1 N–H and O–H groups in total. The summed E-state index contributed by atoms with van der Waals surface area (Å²) < 4.78 is 18.3. The van der Waals surface area contributed by atoms with Gasteiger partial charge in [-0.2, -0.15) is 0 Å². The largest absolute Gasteiger partial charge is 0.497 e. The lowest BCUT2D eigenvalue weighted by molar-refractivity contribution is 0.177. The van der Waals surface area contributed by atoms with Gasteiger partial charge in [0.2, 0.25) is 0 Å². The molecule has 0 aliphatic carbocycles. The molecule has 3 rings (SSSR count). The van der Waals surface area contributed by atoms with E-state index in [0.717, 1.165) is 48.3 Å². The standard InChI is InChI=1S/C19H21ClFN3OS/c1-25-17-6-4-16(5-7-17)22-19(26)24-10-8-23(9-11-24)13-14-2-3-15(21)12-18(14)20/h2-7,12H,8-11,13H2,1H3,(H,22,26). The second kappa shape index (κ2) is 8.66. The van der Waals surface area contributed by atoms with E-state index in [4.69, 9.17) is 28.6 Å². The van der Waals surface area contributed by atoms with Crippen molar-refractivity contribution in [1.82, 2.24) is 9.80 Å². The molecule has 1 aliphatic heterocycles. The lowest BCUT2D eigenvalue weighted by Gasteiger charge is -2.36. The number of piperazine rings is 1. The van der Waals surface area contributed by atoms with Crippen LogP contribution in [0.25, 0.3) is 0 Å². The van der Waals surface area contributed by atoms with Crippen molar-refractivity contribution >= 4 is 34.6 Å². The highest BCUT2D eigenvalue weighted by Gasteiger charge is 2.19. The topological polar surface area (TPSA) is 27.7 Å². The van der Waals surface area contributed by atoms with Gasteiger partial charge >= 0.3 is 0 Å². The van der Waals surface area contributed by atoms with Crippen molar-refractivity contribution in [1.29, 1.82) is 0 Å². The number of hydrogen-bond acceptors (Lipinski definition) is 3. The molecule has 0 amide bonds. The van der Waals surface area contributed by atoms with Crippen LogP contribution in [0.3, 0.4) is 0 Å². The number of thiocarbonyl (C=S) groups is 1. The van der Waals surface area contributed by atoms with Crippen LogP contribution < -0.4 is 10.1 Å². The van der Waals surface area contributed by atoms with Gasteiger partial charge in [0.1, 0.15) is 11.6 Å². The van der Waals surface area contributed by atoms with Crippen molar-refractivity contribution < 1.29 is 9.13 Å². The van der Waals surface area contributed by atoms with Crippen LogP contribution in [0.1, 0.15) is 5.56 Å². The third-order valence-corrected chi connectivity index (χ3v) is 5.12. The van der Waals surface area contributed by atoms with Crippen LogP contribution in [0.15, 0.2) is 42.5 Å². The zero-order valence-electron chi connectivity index (χ0n) is 14.5. The molecule has 1 aliphatic rings. The number of nitrogens with one attached hydrogen (secondary N) is 1. The highest BCUT2D eigenvalue weighted by atomic mass is 35.5. The average Bonchev–Trinajstić information content (AvgIpc) is 2.65. The summed E-state index contributed by atoms with van der Waals surface area (Å²) in [5, 5.41) is 4.46. The Bertz CT molecular complexity index is 764. The van der Waals surface area contributed by atoms with Gasteiger partial charge in [-0.25, -0.2) is 4.39 Å². The third kappa shape index (κ3) is 4.84. The number of hydrogen-bond donors (Lipinski definition) is 1. The molecule has 138 valence electrons. The molecule has 0 aromatic heterocycles. The van der Waals surface area contributed by atoms with E-state index in [-0.39, 0.29) is 5.82 Å². The van der Waals surface area contributed by atoms with Crippen LogP contribution in [0, 0.1) is 5.82 Å². The fourth-order valence-corrected chi connectivity index (χ4v) is 3.40. The first-order valence-corrected chi connectivity index (χ1v) is 9.20. The molecule has 1 heterocycles. The van der Waals surface area contributed by atoms with Crippen LogP contribution >= 0.6 is 23.8 Å². The molecule has 1 fully saturated rings. The number of rotatable bonds is 4. The zero-order chi connectivity index (χ0) is 18.5. The Morgan fingerprint density at radius 1 is 1.15 bits per heavy atom. The van der Waals surface area contributed by atoms with Crippen molar-refractivity contribution in [2.45, 2.75) is 6.54 Å². The number of halogens is 2. The molecule has 4 nitrogen and oxygen atoms in total. The third-order valence-electron chi connectivity index (χ3n) is 4.41. The predicted molar refractivity (Wildman–Crippen MR) is 107 cm³/mol. The van der Waals surface area contributed by atoms with Crippen molar-refractivity contribution in [3.63, 3.8) is 0 Å². The summed E-state index contributed by atoms with van der Waals surface area (Å²) in [6, 6.07) is 12.2. The molecule has 0 unspecified atom stereocenters. The fourth-order valence-electron chi connectivity index (χ4n) is 2.88. The van der Waals surface area contributed by atoms with E-state index < -0.39 is 0 Å². The van der Waals surface area contributed by atoms with Crippen molar-refractivity contribution in [2.24, 2.45) is 0 Å². The van der Waals surface area contributed by atoms with Gasteiger partial charge in [-0.15, -0.1) is 0 Å². The number of methoxy groups -OCH3 is 1. The van der Waals surface area contributed by atoms with E-state index in [1.54, 1.807) is 13.2 Å². The molecular formula is C19H21ClFN3OS. The molecule has 0 atom stereocenters. The van der Waals surface area contributed by atoms with Crippen LogP contribution in [0.2, 0.25) is 5.02 Å². The van der Waals surface area contributed by atoms with E-state index >= 15 is 0 Å². The molecule has 1 saturated heterocycles.